The van der Waals surface area contributed by atoms with Gasteiger partial charge in [-0.3, -0.25) is 0 Å². The smallest absolute Gasteiger partial charge is 0.336 e. The average molecular weight is 361 g/mol. The van der Waals surface area contributed by atoms with Gasteiger partial charge in [0.2, 0.25) is 0 Å². The number of carbonyl (C=O) groups excluding carboxylic acids is 1. The number of nitrogens with one attached hydrogen (secondary N) is 1. The minimum absolute atomic E-state index is 0.101. The Morgan fingerprint density at radius 3 is 1.80 bits per heavy atom. The highest BCUT2D eigenvalue weighted by Gasteiger charge is 2.41. The van der Waals surface area contributed by atoms with Crippen LogP contribution in [0.2, 0.25) is 0 Å². The summed E-state index contributed by atoms with van der Waals surface area (Å²) in [6.45, 7) is 7.53. The van der Waals surface area contributed by atoms with Crippen molar-refractivity contribution < 1.29 is 14.4 Å². The number of ether oxygens (including phenoxy) is 1. The molecule has 0 saturated carbocycles. The molecule has 0 amide bonds. The fraction of sp³-hybridized carbons (Fsp3) is 0.381. The Hall–Kier alpha value is -1.84. The number of hydrogen-bond acceptors (Lipinski definition) is 2. The molecule has 2 aromatic carbocycles. The van der Waals surface area contributed by atoms with Crippen LogP contribution in [0.3, 0.4) is 0 Å². The van der Waals surface area contributed by atoms with E-state index in [4.69, 9.17) is 16.3 Å². The predicted octanol–water partition coefficient (Wildman–Crippen LogP) is 3.03. The van der Waals surface area contributed by atoms with Gasteiger partial charge in [-0.2, -0.15) is 0 Å². The molecule has 0 aromatic heterocycles. The second-order valence-electron chi connectivity index (χ2n) is 7.31. The molecule has 1 atom stereocenters. The summed E-state index contributed by atoms with van der Waals surface area (Å²) in [5.41, 5.74) is 1.53. The van der Waals surface area contributed by atoms with Crippen LogP contribution in [0.5, 0.6) is 0 Å². The van der Waals surface area contributed by atoms with Crippen molar-refractivity contribution in [2.24, 2.45) is 0 Å². The number of likely N-dealkylation sites (N-methyl/N-ethyl adjacent to an activating group) is 1. The van der Waals surface area contributed by atoms with Gasteiger partial charge in [-0.1, -0.05) is 72.3 Å². The van der Waals surface area contributed by atoms with Gasteiger partial charge in [0.15, 0.2) is 4.87 Å². The molecule has 25 heavy (non-hydrogen) atoms. The number of rotatable bonds is 6. The molecule has 0 aliphatic heterocycles. The number of halogens is 1. The Bertz CT molecular complexity index is 641. The minimum Gasteiger partial charge on any atom is -0.458 e. The number of quaternary nitrogens is 1. The molecular formula is C21H27ClNO2+. The van der Waals surface area contributed by atoms with E-state index >= 15 is 0 Å². The van der Waals surface area contributed by atoms with Crippen LogP contribution in [-0.4, -0.2) is 31.7 Å². The normalized spacial score (nSPS) is 13.3. The molecule has 4 heteroatoms. The zero-order valence-corrected chi connectivity index (χ0v) is 16.1. The Balaban J connectivity index is 2.21. The maximum Gasteiger partial charge on any atom is 0.336 e. The van der Waals surface area contributed by atoms with Crippen molar-refractivity contribution in [3.05, 3.63) is 71.8 Å². The molecule has 134 valence electrons. The molecule has 0 bridgehead atoms. The van der Waals surface area contributed by atoms with Gasteiger partial charge in [-0.15, -0.1) is 0 Å². The van der Waals surface area contributed by atoms with Crippen LogP contribution >= 0.6 is 11.6 Å². The fourth-order valence-electron chi connectivity index (χ4n) is 2.51. The third-order valence-electron chi connectivity index (χ3n) is 4.61. The van der Waals surface area contributed by atoms with Gasteiger partial charge in [0, 0.05) is 0 Å². The molecule has 0 saturated heterocycles. The zero-order valence-electron chi connectivity index (χ0n) is 15.4. The molecule has 0 fully saturated rings. The summed E-state index contributed by atoms with van der Waals surface area (Å²) in [7, 11) is 2.09. The second-order valence-corrected chi connectivity index (χ2v) is 7.87. The molecule has 0 spiro atoms. The van der Waals surface area contributed by atoms with Crippen molar-refractivity contribution in [2.45, 2.75) is 31.2 Å². The summed E-state index contributed by atoms with van der Waals surface area (Å²) in [5, 5.41) is 0. The first-order valence-corrected chi connectivity index (χ1v) is 8.94. The third kappa shape index (κ3) is 4.62. The molecule has 1 N–H and O–H groups in total. The van der Waals surface area contributed by atoms with E-state index in [0.717, 1.165) is 6.54 Å². The van der Waals surface area contributed by atoms with E-state index in [1.165, 1.54) is 4.90 Å². The van der Waals surface area contributed by atoms with Crippen LogP contribution < -0.4 is 4.90 Å². The lowest BCUT2D eigenvalue weighted by Gasteiger charge is -2.29. The van der Waals surface area contributed by atoms with Gasteiger partial charge < -0.3 is 9.64 Å². The van der Waals surface area contributed by atoms with Crippen molar-refractivity contribution in [1.29, 1.82) is 0 Å². The van der Waals surface area contributed by atoms with Gasteiger partial charge in [0.25, 0.3) is 0 Å². The lowest BCUT2D eigenvalue weighted by molar-refractivity contribution is -0.927. The van der Waals surface area contributed by atoms with Crippen molar-refractivity contribution in [1.82, 2.24) is 0 Å². The average Bonchev–Trinajstić information content (AvgIpc) is 2.61. The topological polar surface area (TPSA) is 30.7 Å². The number of benzene rings is 2. The van der Waals surface area contributed by atoms with Crippen LogP contribution in [0.4, 0.5) is 0 Å². The maximum absolute atomic E-state index is 12.9. The summed E-state index contributed by atoms with van der Waals surface area (Å²) in [6.07, 6.45) is 0. The Morgan fingerprint density at radius 2 is 1.40 bits per heavy atom. The lowest BCUT2D eigenvalue weighted by atomic mass is 9.90. The molecular weight excluding hydrogens is 334 g/mol. The third-order valence-corrected chi connectivity index (χ3v) is 5.21. The molecule has 0 aliphatic rings. The largest absolute Gasteiger partial charge is 0.458 e. The molecule has 2 rings (SSSR count). The van der Waals surface area contributed by atoms with E-state index in [1.807, 2.05) is 60.7 Å². The summed E-state index contributed by atoms with van der Waals surface area (Å²) in [5.74, 6) is -0.437. The zero-order chi connectivity index (χ0) is 18.5. The lowest BCUT2D eigenvalue weighted by Crippen LogP contribution is -3.16. The Kier molecular flexibility index (Phi) is 6.26. The highest BCUT2D eigenvalue weighted by molar-refractivity contribution is 6.36. The summed E-state index contributed by atoms with van der Waals surface area (Å²) in [4.78, 5) is 12.9. The standard InChI is InChI=1S/C21H26ClNO2/c1-20(2,3)23(4)15-16-25-19(24)21(22,17-11-7-5-8-12-17)18-13-9-6-10-14-18/h5-14H,15-16H2,1-4H3/p+1. The second kappa shape index (κ2) is 8.03. The van der Waals surface area contributed by atoms with E-state index in [0.29, 0.717) is 17.7 Å². The van der Waals surface area contributed by atoms with Crippen LogP contribution in [-0.2, 0) is 14.4 Å². The number of carbonyl (C=O) groups is 1. The number of alkyl halides is 1. The van der Waals surface area contributed by atoms with Crippen LogP contribution in [0.25, 0.3) is 0 Å². The molecule has 0 heterocycles. The molecule has 2 aromatic rings. The predicted molar refractivity (Wildman–Crippen MR) is 102 cm³/mol. The number of hydrogen-bond donors (Lipinski definition) is 1. The fourth-order valence-corrected chi connectivity index (χ4v) is 2.82. The monoisotopic (exact) mass is 360 g/mol. The summed E-state index contributed by atoms with van der Waals surface area (Å²) >= 11 is 6.86. The Morgan fingerprint density at radius 1 is 0.960 bits per heavy atom. The SMILES string of the molecule is C[NH+](CCOC(=O)C(Cl)(c1ccccc1)c1ccccc1)C(C)(C)C. The highest BCUT2D eigenvalue weighted by atomic mass is 35.5. The van der Waals surface area contributed by atoms with Crippen molar-refractivity contribution in [3.8, 4) is 0 Å². The van der Waals surface area contributed by atoms with Gasteiger partial charge in [-0.25, -0.2) is 4.79 Å². The number of esters is 1. The van der Waals surface area contributed by atoms with E-state index in [2.05, 4.69) is 27.8 Å². The van der Waals surface area contributed by atoms with Gasteiger partial charge >= 0.3 is 5.97 Å². The van der Waals surface area contributed by atoms with Crippen LogP contribution in [0.15, 0.2) is 60.7 Å². The summed E-state index contributed by atoms with van der Waals surface area (Å²) < 4.78 is 5.59. The maximum atomic E-state index is 12.9. The van der Waals surface area contributed by atoms with Crippen molar-refractivity contribution >= 4 is 17.6 Å². The van der Waals surface area contributed by atoms with E-state index in [1.54, 1.807) is 0 Å². The van der Waals surface area contributed by atoms with E-state index in [-0.39, 0.29) is 5.54 Å². The van der Waals surface area contributed by atoms with Gasteiger partial charge in [-0.05, 0) is 31.9 Å². The van der Waals surface area contributed by atoms with Crippen molar-refractivity contribution in [3.63, 3.8) is 0 Å². The highest BCUT2D eigenvalue weighted by Crippen LogP contribution is 2.37. The minimum atomic E-state index is -1.34. The van der Waals surface area contributed by atoms with E-state index < -0.39 is 10.8 Å². The van der Waals surface area contributed by atoms with Crippen LogP contribution in [0.1, 0.15) is 31.9 Å². The molecule has 3 nitrogen and oxygen atoms in total. The molecule has 1 unspecified atom stereocenters. The van der Waals surface area contributed by atoms with Gasteiger partial charge in [0.05, 0.1) is 12.6 Å². The van der Waals surface area contributed by atoms with E-state index in [9.17, 15) is 4.79 Å². The van der Waals surface area contributed by atoms with Crippen LogP contribution in [0, 0.1) is 0 Å². The molecule has 0 aliphatic carbocycles. The first kappa shape index (κ1) is 19.5. The first-order chi connectivity index (χ1) is 11.8. The first-order valence-electron chi connectivity index (χ1n) is 8.56. The summed E-state index contributed by atoms with van der Waals surface area (Å²) in [6, 6.07) is 18.7. The van der Waals surface area contributed by atoms with Gasteiger partial charge in [0.1, 0.15) is 13.2 Å². The molecule has 0 radical (unpaired) electrons. The van der Waals surface area contributed by atoms with Crippen molar-refractivity contribution in [2.75, 3.05) is 20.2 Å². The quantitative estimate of drug-likeness (QED) is 0.634. The Labute approximate surface area is 155 Å².